The van der Waals surface area contributed by atoms with E-state index in [4.69, 9.17) is 0 Å². The van der Waals surface area contributed by atoms with Crippen molar-refractivity contribution in [3.05, 3.63) is 30.3 Å². The molecule has 8 heavy (non-hydrogen) atoms. The van der Waals surface area contributed by atoms with Crippen LogP contribution < -0.4 is 0 Å². The van der Waals surface area contributed by atoms with Gasteiger partial charge < -0.3 is 4.98 Å². The number of aromatic nitrogens is 1. The van der Waals surface area contributed by atoms with Gasteiger partial charge in [0.1, 0.15) is 0 Å². The minimum atomic E-state index is -0.484. The van der Waals surface area contributed by atoms with Gasteiger partial charge in [-0.15, -0.1) is 6.07 Å². The smallest absolute Gasteiger partial charge is 0.0956 e. The maximum absolute atomic E-state index is 11.8. The van der Waals surface area contributed by atoms with Crippen molar-refractivity contribution in [1.82, 2.24) is 4.98 Å². The fraction of sp³-hybridized carbons (Fsp3) is 0. The minimum absolute atomic E-state index is 0. The molecule has 1 rings (SSSR count). The van der Waals surface area contributed by atoms with Crippen LogP contribution in [-0.2, 0) is 32.7 Å². The van der Waals surface area contributed by atoms with Gasteiger partial charge in [-0.1, -0.05) is 6.20 Å². The third kappa shape index (κ3) is 2.48. The van der Waals surface area contributed by atoms with E-state index in [1.54, 1.807) is 12.1 Å². The molecule has 1 heterocycles. The quantitative estimate of drug-likeness (QED) is 0.434. The van der Waals surface area contributed by atoms with E-state index in [-0.39, 0.29) is 32.7 Å². The van der Waals surface area contributed by atoms with Crippen molar-refractivity contribution in [1.29, 1.82) is 0 Å². The standard InChI is InChI=1S/C5H3FN.Y/c6-5-3-1-2-4-7-5;/h1-3H;/q-1;. The van der Waals surface area contributed by atoms with Gasteiger partial charge in [-0.2, -0.15) is 12.1 Å². The van der Waals surface area contributed by atoms with Crippen molar-refractivity contribution in [2.45, 2.75) is 0 Å². The number of hydrogen-bond donors (Lipinski definition) is 0. The number of pyridine rings is 1. The van der Waals surface area contributed by atoms with Gasteiger partial charge in [0.2, 0.25) is 0 Å². The van der Waals surface area contributed by atoms with Crippen molar-refractivity contribution in [3.8, 4) is 0 Å². The molecule has 0 saturated heterocycles. The van der Waals surface area contributed by atoms with Crippen LogP contribution in [0.1, 0.15) is 0 Å². The Bertz CT molecular complexity index is 142. The number of hydrogen-bond acceptors (Lipinski definition) is 1. The molecule has 0 aliphatic carbocycles. The molecule has 0 aliphatic heterocycles. The van der Waals surface area contributed by atoms with Gasteiger partial charge in [0.15, 0.2) is 0 Å². The number of rotatable bonds is 0. The summed E-state index contributed by atoms with van der Waals surface area (Å²) < 4.78 is 11.8. The first-order chi connectivity index (χ1) is 3.39. The fourth-order valence-electron chi connectivity index (χ4n) is 0.307. The molecular formula is C5H3FNY-. The van der Waals surface area contributed by atoms with E-state index < -0.39 is 5.95 Å². The Balaban J connectivity index is 0.000000490. The van der Waals surface area contributed by atoms with E-state index in [0.29, 0.717) is 0 Å². The van der Waals surface area contributed by atoms with Gasteiger partial charge in [0, 0.05) is 32.7 Å². The van der Waals surface area contributed by atoms with E-state index in [1.807, 2.05) is 0 Å². The molecule has 0 fully saturated rings. The molecule has 3 heteroatoms. The summed E-state index contributed by atoms with van der Waals surface area (Å²) in [5.41, 5.74) is 0. The monoisotopic (exact) mass is 185 g/mol. The summed E-state index contributed by atoms with van der Waals surface area (Å²) in [6.45, 7) is 0. The molecule has 0 spiro atoms. The SMILES string of the molecule is Fc1ccc[c-]n1.[Y]. The largest absolute Gasteiger partial charge is 0.361 e. The molecule has 0 bridgehead atoms. The third-order valence-electron chi connectivity index (χ3n) is 0.576. The summed E-state index contributed by atoms with van der Waals surface area (Å²) in [4.78, 5) is 3.19. The second-order valence-corrected chi connectivity index (χ2v) is 1.09. The molecule has 1 radical (unpaired) electrons. The molecule has 0 N–H and O–H groups in total. The van der Waals surface area contributed by atoms with Gasteiger partial charge in [-0.3, -0.25) is 4.39 Å². The molecule has 0 atom stereocenters. The van der Waals surface area contributed by atoms with Crippen LogP contribution in [0.15, 0.2) is 18.2 Å². The molecule has 39 valence electrons. The van der Waals surface area contributed by atoms with Crippen molar-refractivity contribution in [2.24, 2.45) is 0 Å². The normalized spacial score (nSPS) is 7.62. The number of nitrogens with zero attached hydrogens (tertiary/aromatic N) is 1. The van der Waals surface area contributed by atoms with Gasteiger partial charge in [-0.25, -0.2) is 0 Å². The van der Waals surface area contributed by atoms with Crippen molar-refractivity contribution < 1.29 is 37.1 Å². The first-order valence-electron chi connectivity index (χ1n) is 1.88. The average Bonchev–Trinajstić information content (AvgIpc) is 1.69. The van der Waals surface area contributed by atoms with E-state index in [2.05, 4.69) is 11.2 Å². The average molecular weight is 185 g/mol. The summed E-state index contributed by atoms with van der Waals surface area (Å²) in [5.74, 6) is -0.484. The Morgan fingerprint density at radius 1 is 1.62 bits per heavy atom. The second-order valence-electron chi connectivity index (χ2n) is 1.09. The van der Waals surface area contributed by atoms with Crippen molar-refractivity contribution in [3.63, 3.8) is 0 Å². The molecule has 1 aromatic rings. The molecule has 1 aromatic heterocycles. The van der Waals surface area contributed by atoms with Crippen LogP contribution in [-0.4, -0.2) is 4.98 Å². The molecule has 0 aliphatic rings. The van der Waals surface area contributed by atoms with Gasteiger partial charge >= 0.3 is 0 Å². The first-order valence-corrected chi connectivity index (χ1v) is 1.88. The Morgan fingerprint density at radius 2 is 2.38 bits per heavy atom. The van der Waals surface area contributed by atoms with Crippen molar-refractivity contribution in [2.75, 3.05) is 0 Å². The van der Waals surface area contributed by atoms with Crippen LogP contribution in [0.3, 0.4) is 0 Å². The predicted molar refractivity (Wildman–Crippen MR) is 23.0 cm³/mol. The molecular weight excluding hydrogens is 182 g/mol. The fourth-order valence-corrected chi connectivity index (χ4v) is 0.307. The molecule has 1 nitrogen and oxygen atoms in total. The van der Waals surface area contributed by atoms with Crippen LogP contribution in [0.2, 0.25) is 0 Å². The van der Waals surface area contributed by atoms with Crippen LogP contribution in [0, 0.1) is 12.1 Å². The van der Waals surface area contributed by atoms with Gasteiger partial charge in [0.05, 0.1) is 5.95 Å². The Labute approximate surface area is 72.2 Å². The molecule has 0 aromatic carbocycles. The number of halogens is 1. The van der Waals surface area contributed by atoms with Gasteiger partial charge in [0.25, 0.3) is 0 Å². The van der Waals surface area contributed by atoms with Crippen LogP contribution in [0.4, 0.5) is 4.39 Å². The van der Waals surface area contributed by atoms with Crippen molar-refractivity contribution >= 4 is 0 Å². The first kappa shape index (κ1) is 8.18. The summed E-state index contributed by atoms with van der Waals surface area (Å²) in [5, 5.41) is 0. The summed E-state index contributed by atoms with van der Waals surface area (Å²) >= 11 is 0. The van der Waals surface area contributed by atoms with E-state index >= 15 is 0 Å². The topological polar surface area (TPSA) is 12.9 Å². The van der Waals surface area contributed by atoms with E-state index in [9.17, 15) is 4.39 Å². The second kappa shape index (κ2) is 4.10. The summed E-state index contributed by atoms with van der Waals surface area (Å²) in [6.07, 6.45) is 2.34. The molecule has 0 unspecified atom stereocenters. The van der Waals surface area contributed by atoms with Crippen LogP contribution in [0.5, 0.6) is 0 Å². The van der Waals surface area contributed by atoms with Crippen LogP contribution >= 0.6 is 0 Å². The Morgan fingerprint density at radius 3 is 2.62 bits per heavy atom. The summed E-state index contributed by atoms with van der Waals surface area (Å²) in [6, 6.07) is 4.36. The minimum Gasteiger partial charge on any atom is -0.361 e. The molecule has 0 saturated carbocycles. The zero-order chi connectivity index (χ0) is 5.11. The zero-order valence-electron chi connectivity index (χ0n) is 4.13. The molecule has 0 amide bonds. The van der Waals surface area contributed by atoms with E-state index in [0.717, 1.165) is 0 Å². The van der Waals surface area contributed by atoms with Gasteiger partial charge in [-0.05, 0) is 0 Å². The Kier molecular flexibility index (Phi) is 4.20. The maximum atomic E-state index is 11.8. The Hall–Kier alpha value is 0.184. The van der Waals surface area contributed by atoms with E-state index in [1.165, 1.54) is 6.07 Å². The van der Waals surface area contributed by atoms with Crippen LogP contribution in [0.25, 0.3) is 0 Å². The summed E-state index contributed by atoms with van der Waals surface area (Å²) in [7, 11) is 0. The predicted octanol–water partition coefficient (Wildman–Crippen LogP) is 1.02. The maximum Gasteiger partial charge on any atom is 0.0956 e. The third-order valence-corrected chi connectivity index (χ3v) is 0.576. The zero-order valence-corrected chi connectivity index (χ0v) is 6.97.